The first-order chi connectivity index (χ1) is 7.83. The molecule has 0 aromatic heterocycles. The Balaban J connectivity index is 4.57. The molecule has 0 atom stereocenters. The summed E-state index contributed by atoms with van der Waals surface area (Å²) in [4.78, 5) is 31.6. The van der Waals surface area contributed by atoms with Crippen LogP contribution in [0.2, 0.25) is 0 Å². The standard InChI is InChI=1S/C12H25NO5/c1-10(2,3)15-17-12(7,8-9(13)14)18-16-11(4,5)6/h8H2,1-7H3,(H2,13,14). The maximum atomic E-state index is 11.0. The summed E-state index contributed by atoms with van der Waals surface area (Å²) in [6.07, 6.45) is -0.181. The van der Waals surface area contributed by atoms with Crippen molar-refractivity contribution in [1.82, 2.24) is 0 Å². The van der Waals surface area contributed by atoms with Gasteiger partial charge >= 0.3 is 0 Å². The van der Waals surface area contributed by atoms with Crippen molar-refractivity contribution in [1.29, 1.82) is 0 Å². The molecule has 0 aliphatic carbocycles. The van der Waals surface area contributed by atoms with E-state index < -0.39 is 22.9 Å². The van der Waals surface area contributed by atoms with Gasteiger partial charge in [-0.15, -0.1) is 0 Å². The van der Waals surface area contributed by atoms with Crippen LogP contribution < -0.4 is 5.73 Å². The van der Waals surface area contributed by atoms with Crippen molar-refractivity contribution in [3.8, 4) is 0 Å². The third-order valence-corrected chi connectivity index (χ3v) is 1.43. The molecule has 0 rings (SSSR count). The molecule has 0 saturated heterocycles. The fraction of sp³-hybridized carbons (Fsp3) is 0.917. The Morgan fingerprint density at radius 2 is 1.17 bits per heavy atom. The molecule has 0 heterocycles. The number of hydrogen-bond acceptors (Lipinski definition) is 5. The first kappa shape index (κ1) is 17.3. The number of hydrogen-bond donors (Lipinski definition) is 1. The van der Waals surface area contributed by atoms with E-state index in [4.69, 9.17) is 25.3 Å². The normalized spacial score (nSPS) is 13.7. The Bertz CT molecular complexity index is 259. The Morgan fingerprint density at radius 1 is 0.833 bits per heavy atom. The highest BCUT2D eigenvalue weighted by molar-refractivity contribution is 5.74. The number of amides is 1. The quantitative estimate of drug-likeness (QED) is 0.451. The second-order valence-electron chi connectivity index (χ2n) is 6.33. The van der Waals surface area contributed by atoms with Gasteiger partial charge in [-0.1, -0.05) is 0 Å². The maximum absolute atomic E-state index is 11.0. The topological polar surface area (TPSA) is 80.0 Å². The van der Waals surface area contributed by atoms with Crippen molar-refractivity contribution >= 4 is 5.91 Å². The molecule has 0 aromatic carbocycles. The summed E-state index contributed by atoms with van der Waals surface area (Å²) in [6.45, 7) is 12.4. The smallest absolute Gasteiger partial charge is 0.239 e. The lowest BCUT2D eigenvalue weighted by Gasteiger charge is -2.31. The van der Waals surface area contributed by atoms with Crippen LogP contribution in [0.15, 0.2) is 0 Å². The largest absolute Gasteiger partial charge is 0.369 e. The van der Waals surface area contributed by atoms with Gasteiger partial charge in [0.05, 0.1) is 17.6 Å². The van der Waals surface area contributed by atoms with Crippen molar-refractivity contribution in [3.63, 3.8) is 0 Å². The number of rotatable bonds is 6. The first-order valence-corrected chi connectivity index (χ1v) is 5.85. The highest BCUT2D eigenvalue weighted by Gasteiger charge is 2.35. The van der Waals surface area contributed by atoms with Gasteiger partial charge in [-0.05, 0) is 48.5 Å². The molecule has 0 aliphatic rings. The van der Waals surface area contributed by atoms with Crippen LogP contribution in [0.3, 0.4) is 0 Å². The Hall–Kier alpha value is -0.690. The summed E-state index contributed by atoms with van der Waals surface area (Å²) in [5.74, 6) is -1.96. The molecule has 18 heavy (non-hydrogen) atoms. The second-order valence-corrected chi connectivity index (χ2v) is 6.33. The van der Waals surface area contributed by atoms with Gasteiger partial charge in [0.2, 0.25) is 11.7 Å². The molecule has 0 fully saturated rings. The van der Waals surface area contributed by atoms with E-state index in [0.717, 1.165) is 0 Å². The van der Waals surface area contributed by atoms with Crippen LogP contribution >= 0.6 is 0 Å². The Kier molecular flexibility index (Phi) is 5.74. The lowest BCUT2D eigenvalue weighted by atomic mass is 10.2. The maximum Gasteiger partial charge on any atom is 0.239 e. The molecular formula is C12H25NO5. The summed E-state index contributed by atoms with van der Waals surface area (Å²) < 4.78 is 0. The van der Waals surface area contributed by atoms with Gasteiger partial charge in [0.15, 0.2) is 0 Å². The van der Waals surface area contributed by atoms with Crippen LogP contribution in [0.1, 0.15) is 54.9 Å². The average molecular weight is 263 g/mol. The van der Waals surface area contributed by atoms with Crippen LogP contribution in [-0.2, 0) is 24.3 Å². The fourth-order valence-electron chi connectivity index (χ4n) is 0.816. The van der Waals surface area contributed by atoms with E-state index >= 15 is 0 Å². The fourth-order valence-corrected chi connectivity index (χ4v) is 0.816. The molecule has 2 N–H and O–H groups in total. The number of nitrogens with two attached hydrogens (primary N) is 1. The molecule has 0 saturated carbocycles. The minimum Gasteiger partial charge on any atom is -0.369 e. The average Bonchev–Trinajstić information content (AvgIpc) is 2.09. The van der Waals surface area contributed by atoms with Crippen molar-refractivity contribution in [3.05, 3.63) is 0 Å². The Morgan fingerprint density at radius 3 is 1.39 bits per heavy atom. The van der Waals surface area contributed by atoms with Gasteiger partial charge in [0.25, 0.3) is 0 Å². The van der Waals surface area contributed by atoms with Gasteiger partial charge in [0.1, 0.15) is 0 Å². The molecular weight excluding hydrogens is 238 g/mol. The monoisotopic (exact) mass is 263 g/mol. The van der Waals surface area contributed by atoms with E-state index in [2.05, 4.69) is 0 Å². The zero-order valence-electron chi connectivity index (χ0n) is 12.3. The van der Waals surface area contributed by atoms with Gasteiger partial charge in [-0.25, -0.2) is 9.78 Å². The Labute approximate surface area is 109 Å². The van der Waals surface area contributed by atoms with Gasteiger partial charge in [0, 0.05) is 0 Å². The molecule has 0 unspecified atom stereocenters. The summed E-state index contributed by atoms with van der Waals surface area (Å²) >= 11 is 0. The summed E-state index contributed by atoms with van der Waals surface area (Å²) in [5.41, 5.74) is 4.07. The van der Waals surface area contributed by atoms with E-state index in [0.29, 0.717) is 0 Å². The highest BCUT2D eigenvalue weighted by atomic mass is 17.3. The van der Waals surface area contributed by atoms with Crippen LogP contribution in [0.25, 0.3) is 0 Å². The van der Waals surface area contributed by atoms with Crippen molar-refractivity contribution in [2.24, 2.45) is 5.73 Å². The first-order valence-electron chi connectivity index (χ1n) is 5.85. The van der Waals surface area contributed by atoms with Gasteiger partial charge in [-0.2, -0.15) is 9.78 Å². The van der Waals surface area contributed by atoms with E-state index in [1.165, 1.54) is 6.92 Å². The lowest BCUT2D eigenvalue weighted by molar-refractivity contribution is -0.535. The van der Waals surface area contributed by atoms with Crippen LogP contribution in [-0.4, -0.2) is 22.9 Å². The lowest BCUT2D eigenvalue weighted by Crippen LogP contribution is -2.41. The van der Waals surface area contributed by atoms with Gasteiger partial charge < -0.3 is 5.73 Å². The molecule has 0 aliphatic heterocycles. The predicted molar refractivity (Wildman–Crippen MR) is 66.1 cm³/mol. The number of carbonyl (C=O) groups is 1. The van der Waals surface area contributed by atoms with Crippen molar-refractivity contribution < 1.29 is 24.3 Å². The number of primary amides is 1. The zero-order chi connectivity index (χ0) is 14.6. The van der Waals surface area contributed by atoms with E-state index in [1.54, 1.807) is 0 Å². The molecule has 0 radical (unpaired) electrons. The molecule has 0 spiro atoms. The van der Waals surface area contributed by atoms with E-state index in [9.17, 15) is 4.79 Å². The highest BCUT2D eigenvalue weighted by Crippen LogP contribution is 2.24. The third kappa shape index (κ3) is 9.35. The number of carbonyl (C=O) groups excluding carboxylic acids is 1. The second kappa shape index (κ2) is 5.97. The zero-order valence-corrected chi connectivity index (χ0v) is 12.3. The SMILES string of the molecule is CC(C)(C)OOC(C)(CC(N)=O)OOC(C)(C)C. The molecule has 0 bridgehead atoms. The van der Waals surface area contributed by atoms with Crippen LogP contribution in [0, 0.1) is 0 Å². The van der Waals surface area contributed by atoms with E-state index in [-0.39, 0.29) is 6.42 Å². The predicted octanol–water partition coefficient (Wildman–Crippen LogP) is 2.07. The molecule has 6 heteroatoms. The summed E-state index contributed by atoms with van der Waals surface area (Å²) in [5, 5.41) is 0. The minimum atomic E-state index is -1.38. The van der Waals surface area contributed by atoms with Crippen molar-refractivity contribution in [2.75, 3.05) is 0 Å². The molecule has 1 amide bonds. The van der Waals surface area contributed by atoms with Crippen LogP contribution in [0.5, 0.6) is 0 Å². The molecule has 108 valence electrons. The molecule has 6 nitrogen and oxygen atoms in total. The molecule has 0 aromatic rings. The van der Waals surface area contributed by atoms with Crippen LogP contribution in [0.4, 0.5) is 0 Å². The van der Waals surface area contributed by atoms with Gasteiger partial charge in [-0.3, -0.25) is 4.79 Å². The van der Waals surface area contributed by atoms with E-state index in [1.807, 2.05) is 41.5 Å². The third-order valence-electron chi connectivity index (χ3n) is 1.43. The minimum absolute atomic E-state index is 0.181. The van der Waals surface area contributed by atoms with Crippen molar-refractivity contribution in [2.45, 2.75) is 71.9 Å². The summed E-state index contributed by atoms with van der Waals surface area (Å²) in [6, 6.07) is 0. The summed E-state index contributed by atoms with van der Waals surface area (Å²) in [7, 11) is 0.